The van der Waals surface area contributed by atoms with Crippen LogP contribution in [0.1, 0.15) is 38.4 Å². The van der Waals surface area contributed by atoms with Crippen molar-refractivity contribution in [2.45, 2.75) is 39.3 Å². The van der Waals surface area contributed by atoms with E-state index in [0.29, 0.717) is 6.04 Å². The van der Waals surface area contributed by atoms with Crippen LogP contribution in [0.3, 0.4) is 0 Å². The Kier molecular flexibility index (Phi) is 4.42. The van der Waals surface area contributed by atoms with Crippen molar-refractivity contribution in [2.24, 2.45) is 0 Å². The molecule has 80 valence electrons. The lowest BCUT2D eigenvalue weighted by molar-refractivity contribution is 0.490. The number of hydrogen-bond acceptors (Lipinski definition) is 2. The molecule has 0 saturated heterocycles. The van der Waals surface area contributed by atoms with Crippen LogP contribution < -0.4 is 5.32 Å². The first-order valence-corrected chi connectivity index (χ1v) is 5.50. The Morgan fingerprint density at radius 2 is 2.29 bits per heavy atom. The van der Waals surface area contributed by atoms with E-state index in [1.807, 2.05) is 11.7 Å². The van der Waals surface area contributed by atoms with Crippen molar-refractivity contribution in [3.8, 4) is 0 Å². The third-order valence-corrected chi connectivity index (χ3v) is 2.65. The van der Waals surface area contributed by atoms with Crippen molar-refractivity contribution in [3.63, 3.8) is 0 Å². The first-order valence-electron chi connectivity index (χ1n) is 5.13. The summed E-state index contributed by atoms with van der Waals surface area (Å²) in [4.78, 5) is 0. The third kappa shape index (κ3) is 2.28. The maximum absolute atomic E-state index is 6.11. The molecule has 0 radical (unpaired) electrons. The van der Waals surface area contributed by atoms with E-state index in [0.717, 1.165) is 30.1 Å². The van der Waals surface area contributed by atoms with Crippen molar-refractivity contribution in [1.29, 1.82) is 0 Å². The van der Waals surface area contributed by atoms with Crippen LogP contribution in [-0.2, 0) is 6.54 Å². The Balaban J connectivity index is 2.96. The zero-order valence-electron chi connectivity index (χ0n) is 9.05. The van der Waals surface area contributed by atoms with E-state index in [4.69, 9.17) is 11.6 Å². The van der Waals surface area contributed by atoms with Crippen molar-refractivity contribution in [1.82, 2.24) is 15.1 Å². The van der Waals surface area contributed by atoms with E-state index in [9.17, 15) is 0 Å². The summed E-state index contributed by atoms with van der Waals surface area (Å²) in [5, 5.41) is 8.28. The fraction of sp³-hybridized carbons (Fsp3) is 0.700. The van der Waals surface area contributed by atoms with Gasteiger partial charge in [-0.25, -0.2) is 0 Å². The molecule has 0 amide bonds. The number of hydrogen-bond donors (Lipinski definition) is 1. The van der Waals surface area contributed by atoms with Gasteiger partial charge in [-0.05, 0) is 19.9 Å². The predicted octanol–water partition coefficient (Wildman–Crippen LogP) is 2.62. The summed E-state index contributed by atoms with van der Waals surface area (Å²) in [5.74, 6) is 0. The molecule has 1 aromatic rings. The van der Waals surface area contributed by atoms with Gasteiger partial charge in [0.2, 0.25) is 0 Å². The Labute approximate surface area is 90.4 Å². The maximum atomic E-state index is 6.11. The number of rotatable bonds is 5. The van der Waals surface area contributed by atoms with Gasteiger partial charge >= 0.3 is 0 Å². The summed E-state index contributed by atoms with van der Waals surface area (Å²) in [6.07, 6.45) is 3.82. The van der Waals surface area contributed by atoms with Gasteiger partial charge in [0.05, 0.1) is 23.0 Å². The second-order valence-corrected chi connectivity index (χ2v) is 3.76. The second-order valence-electron chi connectivity index (χ2n) is 3.35. The fourth-order valence-electron chi connectivity index (χ4n) is 1.64. The first kappa shape index (κ1) is 11.5. The van der Waals surface area contributed by atoms with Gasteiger partial charge in [-0.1, -0.05) is 25.4 Å². The third-order valence-electron chi connectivity index (χ3n) is 2.36. The first-order chi connectivity index (χ1) is 6.74. The van der Waals surface area contributed by atoms with Crippen molar-refractivity contribution in [2.75, 3.05) is 7.05 Å². The molecule has 4 heteroatoms. The Morgan fingerprint density at radius 1 is 1.57 bits per heavy atom. The smallest absolute Gasteiger partial charge is 0.0834 e. The molecule has 0 aliphatic rings. The molecule has 1 unspecified atom stereocenters. The second kappa shape index (κ2) is 5.37. The average molecular weight is 216 g/mol. The molecule has 1 N–H and O–H groups in total. The van der Waals surface area contributed by atoms with Crippen LogP contribution >= 0.6 is 11.6 Å². The molecule has 0 aromatic carbocycles. The summed E-state index contributed by atoms with van der Waals surface area (Å²) in [6.45, 7) is 5.21. The van der Waals surface area contributed by atoms with E-state index >= 15 is 0 Å². The van der Waals surface area contributed by atoms with Gasteiger partial charge in [0, 0.05) is 6.54 Å². The summed E-state index contributed by atoms with van der Waals surface area (Å²) in [6, 6.07) is 0.302. The van der Waals surface area contributed by atoms with Crippen LogP contribution in [0.15, 0.2) is 6.20 Å². The van der Waals surface area contributed by atoms with Gasteiger partial charge in [-0.15, -0.1) is 0 Å². The number of aromatic nitrogens is 2. The van der Waals surface area contributed by atoms with Crippen molar-refractivity contribution < 1.29 is 0 Å². The van der Waals surface area contributed by atoms with Crippen molar-refractivity contribution in [3.05, 3.63) is 16.9 Å². The molecular formula is C10H18ClN3. The minimum atomic E-state index is 0.302. The van der Waals surface area contributed by atoms with Crippen LogP contribution in [0.2, 0.25) is 5.02 Å². The summed E-state index contributed by atoms with van der Waals surface area (Å²) in [5.41, 5.74) is 1.11. The zero-order chi connectivity index (χ0) is 10.6. The lowest BCUT2D eigenvalue weighted by Crippen LogP contribution is -2.20. The number of nitrogens with one attached hydrogen (secondary N) is 1. The molecule has 0 spiro atoms. The van der Waals surface area contributed by atoms with E-state index in [2.05, 4.69) is 24.3 Å². The topological polar surface area (TPSA) is 29.9 Å². The van der Waals surface area contributed by atoms with Crippen LogP contribution in [0, 0.1) is 0 Å². The van der Waals surface area contributed by atoms with Gasteiger partial charge in [0.15, 0.2) is 0 Å². The summed E-state index contributed by atoms with van der Waals surface area (Å²) in [7, 11) is 1.95. The summed E-state index contributed by atoms with van der Waals surface area (Å²) >= 11 is 6.11. The van der Waals surface area contributed by atoms with Gasteiger partial charge in [-0.3, -0.25) is 4.68 Å². The lowest BCUT2D eigenvalue weighted by atomic mass is 10.1. The largest absolute Gasteiger partial charge is 0.312 e. The van der Waals surface area contributed by atoms with E-state index in [1.54, 1.807) is 6.20 Å². The number of halogens is 1. The molecule has 0 aliphatic carbocycles. The minimum absolute atomic E-state index is 0.302. The quantitative estimate of drug-likeness (QED) is 0.819. The van der Waals surface area contributed by atoms with Gasteiger partial charge in [-0.2, -0.15) is 5.10 Å². The van der Waals surface area contributed by atoms with E-state index in [1.165, 1.54) is 0 Å². The van der Waals surface area contributed by atoms with E-state index < -0.39 is 0 Å². The lowest BCUT2D eigenvalue weighted by Gasteiger charge is -2.16. The van der Waals surface area contributed by atoms with Crippen LogP contribution in [0.25, 0.3) is 0 Å². The Bertz CT molecular complexity index is 279. The van der Waals surface area contributed by atoms with Crippen LogP contribution in [-0.4, -0.2) is 16.8 Å². The monoisotopic (exact) mass is 215 g/mol. The zero-order valence-corrected chi connectivity index (χ0v) is 9.80. The van der Waals surface area contributed by atoms with Gasteiger partial charge in [0.25, 0.3) is 0 Å². The number of nitrogens with zero attached hydrogens (tertiary/aromatic N) is 2. The number of aryl methyl sites for hydroxylation is 1. The fourth-order valence-corrected chi connectivity index (χ4v) is 1.92. The normalized spacial score (nSPS) is 13.1. The highest BCUT2D eigenvalue weighted by Gasteiger charge is 2.16. The molecule has 1 atom stereocenters. The molecular weight excluding hydrogens is 198 g/mol. The Morgan fingerprint density at radius 3 is 2.79 bits per heavy atom. The molecule has 0 saturated carbocycles. The predicted molar refractivity (Wildman–Crippen MR) is 59.6 cm³/mol. The molecule has 0 bridgehead atoms. The Hall–Kier alpha value is -0.540. The molecule has 3 nitrogen and oxygen atoms in total. The molecule has 14 heavy (non-hydrogen) atoms. The summed E-state index contributed by atoms with van der Waals surface area (Å²) < 4.78 is 1.99. The molecule has 1 aromatic heterocycles. The van der Waals surface area contributed by atoms with Gasteiger partial charge in [0.1, 0.15) is 0 Å². The van der Waals surface area contributed by atoms with Crippen LogP contribution in [0.5, 0.6) is 0 Å². The molecule has 0 fully saturated rings. The highest BCUT2D eigenvalue weighted by molar-refractivity contribution is 6.31. The minimum Gasteiger partial charge on any atom is -0.312 e. The molecule has 1 heterocycles. The SMILES string of the molecule is CCCn1ncc(Cl)c1C(CC)NC. The van der Waals surface area contributed by atoms with Crippen LogP contribution in [0.4, 0.5) is 0 Å². The highest BCUT2D eigenvalue weighted by Crippen LogP contribution is 2.24. The van der Waals surface area contributed by atoms with E-state index in [-0.39, 0.29) is 0 Å². The molecule has 0 aliphatic heterocycles. The van der Waals surface area contributed by atoms with Crippen molar-refractivity contribution >= 4 is 11.6 Å². The molecule has 1 rings (SSSR count). The average Bonchev–Trinajstić information content (AvgIpc) is 2.53. The van der Waals surface area contributed by atoms with Gasteiger partial charge < -0.3 is 5.32 Å². The highest BCUT2D eigenvalue weighted by atomic mass is 35.5. The maximum Gasteiger partial charge on any atom is 0.0834 e. The standard InChI is InChI=1S/C10H18ClN3/c1-4-6-14-10(8(11)7-13-14)9(5-2)12-3/h7,9,12H,4-6H2,1-3H3.